The van der Waals surface area contributed by atoms with Crippen molar-refractivity contribution in [2.45, 2.75) is 0 Å². The SMILES string of the molecule is COc1ccc(NC(=O)Nc2nnc(-c3cccnc3)s2)cc1. The van der Waals surface area contributed by atoms with Crippen LogP contribution >= 0.6 is 11.3 Å². The second-order valence-electron chi connectivity index (χ2n) is 4.46. The molecule has 0 aliphatic heterocycles. The lowest BCUT2D eigenvalue weighted by Crippen LogP contribution is -2.19. The van der Waals surface area contributed by atoms with Crippen LogP contribution in [0.3, 0.4) is 0 Å². The third-order valence-corrected chi connectivity index (χ3v) is 3.79. The molecular weight excluding hydrogens is 314 g/mol. The highest BCUT2D eigenvalue weighted by Gasteiger charge is 2.09. The lowest BCUT2D eigenvalue weighted by molar-refractivity contribution is 0.262. The maximum atomic E-state index is 12.0. The number of hydrogen-bond acceptors (Lipinski definition) is 6. The maximum Gasteiger partial charge on any atom is 0.325 e. The van der Waals surface area contributed by atoms with Crippen molar-refractivity contribution in [3.05, 3.63) is 48.8 Å². The zero-order valence-electron chi connectivity index (χ0n) is 12.2. The van der Waals surface area contributed by atoms with Gasteiger partial charge in [-0.2, -0.15) is 0 Å². The van der Waals surface area contributed by atoms with E-state index in [2.05, 4.69) is 25.8 Å². The monoisotopic (exact) mass is 327 g/mol. The van der Waals surface area contributed by atoms with E-state index >= 15 is 0 Å². The van der Waals surface area contributed by atoms with E-state index in [1.807, 2.05) is 12.1 Å². The lowest BCUT2D eigenvalue weighted by atomic mass is 10.3. The summed E-state index contributed by atoms with van der Waals surface area (Å²) in [5.41, 5.74) is 1.51. The van der Waals surface area contributed by atoms with E-state index in [0.29, 0.717) is 15.8 Å². The van der Waals surface area contributed by atoms with Crippen LogP contribution in [0.5, 0.6) is 5.75 Å². The fraction of sp³-hybridized carbons (Fsp3) is 0.0667. The number of carbonyl (C=O) groups excluding carboxylic acids is 1. The summed E-state index contributed by atoms with van der Waals surface area (Å²) in [5.74, 6) is 0.723. The number of urea groups is 1. The first kappa shape index (κ1) is 14.9. The number of hydrogen-bond donors (Lipinski definition) is 2. The van der Waals surface area contributed by atoms with Crippen LogP contribution in [0.1, 0.15) is 0 Å². The van der Waals surface area contributed by atoms with Crippen molar-refractivity contribution in [2.75, 3.05) is 17.7 Å². The number of rotatable bonds is 4. The van der Waals surface area contributed by atoms with Crippen LogP contribution < -0.4 is 15.4 Å². The minimum atomic E-state index is -0.385. The molecule has 0 atom stereocenters. The number of pyridine rings is 1. The van der Waals surface area contributed by atoms with Crippen molar-refractivity contribution in [3.8, 4) is 16.3 Å². The normalized spacial score (nSPS) is 10.1. The Morgan fingerprint density at radius 3 is 2.65 bits per heavy atom. The molecule has 8 heteroatoms. The number of amides is 2. The van der Waals surface area contributed by atoms with Gasteiger partial charge in [-0.3, -0.25) is 10.3 Å². The summed E-state index contributed by atoms with van der Waals surface area (Å²) in [6.07, 6.45) is 3.38. The van der Waals surface area contributed by atoms with Crippen LogP contribution in [0.25, 0.3) is 10.6 Å². The third kappa shape index (κ3) is 3.80. The number of benzene rings is 1. The number of nitrogens with zero attached hydrogens (tertiary/aromatic N) is 3. The van der Waals surface area contributed by atoms with Crippen molar-refractivity contribution >= 4 is 28.2 Å². The molecule has 0 radical (unpaired) electrons. The van der Waals surface area contributed by atoms with Gasteiger partial charge in [0, 0.05) is 23.6 Å². The van der Waals surface area contributed by atoms with Crippen molar-refractivity contribution < 1.29 is 9.53 Å². The number of aromatic nitrogens is 3. The van der Waals surface area contributed by atoms with E-state index in [0.717, 1.165) is 11.3 Å². The van der Waals surface area contributed by atoms with Gasteiger partial charge in [-0.05, 0) is 36.4 Å². The van der Waals surface area contributed by atoms with Crippen molar-refractivity contribution in [1.29, 1.82) is 0 Å². The minimum absolute atomic E-state index is 0.385. The molecule has 2 N–H and O–H groups in total. The molecule has 0 aliphatic rings. The van der Waals surface area contributed by atoms with E-state index in [9.17, 15) is 4.79 Å². The molecule has 0 spiro atoms. The van der Waals surface area contributed by atoms with E-state index in [4.69, 9.17) is 4.74 Å². The summed E-state index contributed by atoms with van der Waals surface area (Å²) in [6.45, 7) is 0. The Morgan fingerprint density at radius 2 is 1.96 bits per heavy atom. The molecule has 2 amide bonds. The van der Waals surface area contributed by atoms with Crippen LogP contribution in [0.15, 0.2) is 48.8 Å². The van der Waals surface area contributed by atoms with Crippen LogP contribution in [-0.2, 0) is 0 Å². The Labute approximate surface area is 136 Å². The lowest BCUT2D eigenvalue weighted by Gasteiger charge is -2.05. The molecule has 23 heavy (non-hydrogen) atoms. The molecule has 116 valence electrons. The maximum absolute atomic E-state index is 12.0. The zero-order valence-corrected chi connectivity index (χ0v) is 13.0. The van der Waals surface area contributed by atoms with Crippen molar-refractivity contribution in [2.24, 2.45) is 0 Å². The first-order chi connectivity index (χ1) is 11.2. The highest BCUT2D eigenvalue weighted by Crippen LogP contribution is 2.25. The van der Waals surface area contributed by atoms with Crippen LogP contribution in [0.2, 0.25) is 0 Å². The fourth-order valence-corrected chi connectivity index (χ4v) is 2.54. The third-order valence-electron chi connectivity index (χ3n) is 2.90. The average molecular weight is 327 g/mol. The van der Waals surface area contributed by atoms with Crippen LogP contribution in [0.4, 0.5) is 15.6 Å². The van der Waals surface area contributed by atoms with Gasteiger partial charge >= 0.3 is 6.03 Å². The van der Waals surface area contributed by atoms with Gasteiger partial charge in [0.15, 0.2) is 5.01 Å². The number of methoxy groups -OCH3 is 1. The molecule has 7 nitrogen and oxygen atoms in total. The molecule has 1 aromatic carbocycles. The Morgan fingerprint density at radius 1 is 1.13 bits per heavy atom. The van der Waals surface area contributed by atoms with E-state index in [-0.39, 0.29) is 6.03 Å². The Kier molecular flexibility index (Phi) is 4.44. The molecular formula is C15H13N5O2S. The smallest absolute Gasteiger partial charge is 0.325 e. The highest BCUT2D eigenvalue weighted by atomic mass is 32.1. The number of anilines is 2. The summed E-state index contributed by atoms with van der Waals surface area (Å²) in [5, 5.41) is 14.5. The van der Waals surface area contributed by atoms with Gasteiger partial charge in [-0.25, -0.2) is 4.79 Å². The predicted molar refractivity (Wildman–Crippen MR) is 88.8 cm³/mol. The van der Waals surface area contributed by atoms with Gasteiger partial charge in [-0.1, -0.05) is 11.3 Å². The van der Waals surface area contributed by atoms with Gasteiger partial charge in [-0.15, -0.1) is 10.2 Å². The standard InChI is InChI=1S/C15H13N5O2S/c1-22-12-6-4-11(5-7-12)17-14(21)18-15-20-19-13(23-15)10-3-2-8-16-9-10/h2-9H,1H3,(H2,17,18,20,21). The van der Waals surface area contributed by atoms with Gasteiger partial charge in [0.1, 0.15) is 5.75 Å². The number of ether oxygens (including phenoxy) is 1. The molecule has 2 aromatic heterocycles. The summed E-state index contributed by atoms with van der Waals surface area (Å²) in [6, 6.07) is 10.3. The Balaban J connectivity index is 1.63. The second kappa shape index (κ2) is 6.84. The van der Waals surface area contributed by atoms with Gasteiger partial charge < -0.3 is 10.1 Å². The van der Waals surface area contributed by atoms with E-state index < -0.39 is 0 Å². The zero-order chi connectivity index (χ0) is 16.1. The molecule has 0 saturated heterocycles. The average Bonchev–Trinajstić information content (AvgIpc) is 3.04. The van der Waals surface area contributed by atoms with E-state index in [1.54, 1.807) is 43.8 Å². The molecule has 0 saturated carbocycles. The van der Waals surface area contributed by atoms with Gasteiger partial charge in [0.05, 0.1) is 7.11 Å². The summed E-state index contributed by atoms with van der Waals surface area (Å²) in [4.78, 5) is 16.0. The summed E-state index contributed by atoms with van der Waals surface area (Å²) in [7, 11) is 1.59. The van der Waals surface area contributed by atoms with Crippen molar-refractivity contribution in [1.82, 2.24) is 15.2 Å². The fourth-order valence-electron chi connectivity index (χ4n) is 1.81. The second-order valence-corrected chi connectivity index (χ2v) is 5.44. The first-order valence-corrected chi connectivity index (χ1v) is 7.52. The van der Waals surface area contributed by atoms with Gasteiger partial charge in [0.2, 0.25) is 5.13 Å². The summed E-state index contributed by atoms with van der Waals surface area (Å²) >= 11 is 1.28. The Bertz CT molecular complexity index is 789. The Hall–Kier alpha value is -3.00. The number of nitrogens with one attached hydrogen (secondary N) is 2. The molecule has 3 rings (SSSR count). The highest BCUT2D eigenvalue weighted by molar-refractivity contribution is 7.18. The topological polar surface area (TPSA) is 89.0 Å². The first-order valence-electron chi connectivity index (χ1n) is 6.70. The molecule has 0 fully saturated rings. The predicted octanol–water partition coefficient (Wildman–Crippen LogP) is 3.25. The number of carbonyl (C=O) groups is 1. The van der Waals surface area contributed by atoms with Crippen LogP contribution in [-0.4, -0.2) is 28.3 Å². The molecule has 3 aromatic rings. The largest absolute Gasteiger partial charge is 0.497 e. The molecule has 0 aliphatic carbocycles. The summed E-state index contributed by atoms with van der Waals surface area (Å²) < 4.78 is 5.06. The van der Waals surface area contributed by atoms with E-state index in [1.165, 1.54) is 11.3 Å². The minimum Gasteiger partial charge on any atom is -0.497 e. The van der Waals surface area contributed by atoms with Crippen LogP contribution in [0, 0.1) is 0 Å². The quantitative estimate of drug-likeness (QED) is 0.768. The molecule has 2 heterocycles. The molecule has 0 unspecified atom stereocenters. The molecule has 0 bridgehead atoms. The van der Waals surface area contributed by atoms with Gasteiger partial charge in [0.25, 0.3) is 0 Å². The van der Waals surface area contributed by atoms with Crippen molar-refractivity contribution in [3.63, 3.8) is 0 Å².